The topological polar surface area (TPSA) is 36.3 Å². The van der Waals surface area contributed by atoms with Gasteiger partial charge in [-0.05, 0) is 54.5 Å². The van der Waals surface area contributed by atoms with Crippen LogP contribution in [0.5, 0.6) is 0 Å². The maximum Gasteiger partial charge on any atom is 0.140 e. The van der Waals surface area contributed by atoms with E-state index in [2.05, 4.69) is 83.9 Å². The number of piperidine rings is 1. The molecule has 3 nitrogen and oxygen atoms in total. The van der Waals surface area contributed by atoms with Gasteiger partial charge in [-0.3, -0.25) is 4.84 Å². The molecule has 0 aromatic heterocycles. The van der Waals surface area contributed by atoms with E-state index in [1.165, 1.54) is 36.0 Å². The second-order valence-electron chi connectivity index (χ2n) is 7.95. The number of aryl methyl sites for hydroxylation is 1. The van der Waals surface area contributed by atoms with Gasteiger partial charge in [0.15, 0.2) is 0 Å². The van der Waals surface area contributed by atoms with Gasteiger partial charge in [0.2, 0.25) is 0 Å². The minimum Gasteiger partial charge on any atom is -0.283 e. The highest BCUT2D eigenvalue weighted by atomic mass is 16.7. The number of nitrogens with zero attached hydrogens (tertiary/aromatic N) is 2. The van der Waals surface area contributed by atoms with Crippen molar-refractivity contribution in [2.24, 2.45) is 0 Å². The average molecular weight is 397 g/mol. The van der Waals surface area contributed by atoms with Crippen LogP contribution in [0.15, 0.2) is 84.9 Å². The Hall–Kier alpha value is -2.93. The smallest absolute Gasteiger partial charge is 0.140 e. The highest BCUT2D eigenvalue weighted by Gasteiger charge is 2.38. The summed E-state index contributed by atoms with van der Waals surface area (Å²) in [6, 6.07) is 31.3. The Morgan fingerprint density at radius 1 is 0.767 bits per heavy atom. The lowest BCUT2D eigenvalue weighted by atomic mass is 9.81. The third-order valence-corrected chi connectivity index (χ3v) is 5.93. The molecule has 0 atom stereocenters. The first-order valence-corrected chi connectivity index (χ1v) is 10.8. The fraction of sp³-hybridized carbons (Fsp3) is 0.296. The van der Waals surface area contributed by atoms with E-state index in [9.17, 15) is 0 Å². The lowest BCUT2D eigenvalue weighted by molar-refractivity contribution is -0.246. The van der Waals surface area contributed by atoms with Crippen LogP contribution in [0.4, 0.5) is 0 Å². The van der Waals surface area contributed by atoms with Gasteiger partial charge in [-0.2, -0.15) is 10.3 Å². The number of hydrogen-bond acceptors (Lipinski definition) is 3. The number of rotatable bonds is 7. The Bertz CT molecular complexity index is 916. The molecule has 4 rings (SSSR count). The number of benzene rings is 3. The molecule has 0 bridgehead atoms. The summed E-state index contributed by atoms with van der Waals surface area (Å²) in [7, 11) is 0. The molecule has 1 saturated heterocycles. The zero-order chi connectivity index (χ0) is 20.7. The first kappa shape index (κ1) is 20.3. The fourth-order valence-electron chi connectivity index (χ4n) is 4.26. The number of hydrogen-bond donors (Lipinski definition) is 0. The molecule has 30 heavy (non-hydrogen) atoms. The predicted octanol–water partition coefficient (Wildman–Crippen LogP) is 5.85. The van der Waals surface area contributed by atoms with E-state index >= 15 is 0 Å². The molecule has 0 saturated carbocycles. The molecule has 1 aliphatic rings. The summed E-state index contributed by atoms with van der Waals surface area (Å²) in [4.78, 5) is 6.90. The van der Waals surface area contributed by atoms with Crippen LogP contribution in [-0.2, 0) is 16.9 Å². The van der Waals surface area contributed by atoms with Crippen molar-refractivity contribution in [3.63, 3.8) is 0 Å². The summed E-state index contributed by atoms with van der Waals surface area (Å²) < 4.78 is 0. The van der Waals surface area contributed by atoms with Crippen LogP contribution in [0, 0.1) is 11.3 Å². The summed E-state index contributed by atoms with van der Waals surface area (Å²) in [5.41, 5.74) is 3.72. The predicted molar refractivity (Wildman–Crippen MR) is 120 cm³/mol. The van der Waals surface area contributed by atoms with Crippen molar-refractivity contribution in [3.05, 3.63) is 107 Å². The van der Waals surface area contributed by atoms with Crippen molar-refractivity contribution in [3.8, 4) is 6.07 Å². The molecule has 3 aromatic rings. The van der Waals surface area contributed by atoms with Crippen LogP contribution in [0.1, 0.15) is 47.9 Å². The van der Waals surface area contributed by atoms with Crippen LogP contribution < -0.4 is 0 Å². The van der Waals surface area contributed by atoms with E-state index in [-0.39, 0.29) is 0 Å². The Kier molecular flexibility index (Phi) is 6.59. The second-order valence-corrected chi connectivity index (χ2v) is 7.95. The molecule has 0 aliphatic carbocycles. The molecule has 0 N–H and O–H groups in total. The summed E-state index contributed by atoms with van der Waals surface area (Å²) in [5.74, 6) is 0. The molecule has 0 radical (unpaired) electrons. The van der Waals surface area contributed by atoms with E-state index in [1.807, 2.05) is 12.1 Å². The lowest BCUT2D eigenvalue weighted by Crippen LogP contribution is -2.42. The molecular formula is C27H28N2O. The van der Waals surface area contributed by atoms with Crippen molar-refractivity contribution in [1.29, 1.82) is 5.26 Å². The Morgan fingerprint density at radius 3 is 1.87 bits per heavy atom. The van der Waals surface area contributed by atoms with Gasteiger partial charge in [-0.25, -0.2) is 0 Å². The molecular weight excluding hydrogens is 368 g/mol. The van der Waals surface area contributed by atoms with E-state index in [0.717, 1.165) is 25.9 Å². The van der Waals surface area contributed by atoms with Gasteiger partial charge in [0.1, 0.15) is 5.60 Å². The Labute approximate surface area is 179 Å². The third-order valence-electron chi connectivity index (χ3n) is 5.93. The van der Waals surface area contributed by atoms with Gasteiger partial charge in [-0.15, -0.1) is 0 Å². The quantitative estimate of drug-likeness (QED) is 0.502. The maximum absolute atomic E-state index is 9.09. The summed E-state index contributed by atoms with van der Waals surface area (Å²) in [5, 5.41) is 11.3. The summed E-state index contributed by atoms with van der Waals surface area (Å²) in [6.07, 6.45) is 5.31. The number of hydroxylamine groups is 2. The van der Waals surface area contributed by atoms with Crippen LogP contribution in [0.25, 0.3) is 0 Å². The number of nitriles is 1. The second kappa shape index (κ2) is 9.71. The molecule has 1 fully saturated rings. The normalized spacial score (nSPS) is 14.9. The van der Waals surface area contributed by atoms with E-state index < -0.39 is 5.60 Å². The fourth-order valence-corrected chi connectivity index (χ4v) is 4.26. The van der Waals surface area contributed by atoms with Crippen molar-refractivity contribution >= 4 is 0 Å². The van der Waals surface area contributed by atoms with Crippen LogP contribution in [0.3, 0.4) is 0 Å². The molecule has 0 unspecified atom stereocenters. The minimum absolute atomic E-state index is 0.548. The maximum atomic E-state index is 9.09. The van der Waals surface area contributed by atoms with Gasteiger partial charge in [0.25, 0.3) is 0 Å². The average Bonchev–Trinajstić information content (AvgIpc) is 2.84. The molecule has 3 heteroatoms. The molecule has 0 spiro atoms. The highest BCUT2D eigenvalue weighted by molar-refractivity contribution is 5.37. The first-order chi connectivity index (χ1) is 14.8. The SMILES string of the molecule is N#Cc1ccc(CCC(ON2CCCCC2)(c2ccccc2)c2ccccc2)cc1. The Morgan fingerprint density at radius 2 is 1.33 bits per heavy atom. The molecule has 1 aliphatic heterocycles. The monoisotopic (exact) mass is 396 g/mol. The molecule has 152 valence electrons. The van der Waals surface area contributed by atoms with E-state index in [0.29, 0.717) is 5.56 Å². The van der Waals surface area contributed by atoms with E-state index in [1.54, 1.807) is 0 Å². The van der Waals surface area contributed by atoms with Gasteiger partial charge < -0.3 is 0 Å². The third kappa shape index (κ3) is 4.62. The van der Waals surface area contributed by atoms with Gasteiger partial charge in [0, 0.05) is 13.1 Å². The van der Waals surface area contributed by atoms with Gasteiger partial charge in [-0.1, -0.05) is 79.2 Å². The highest BCUT2D eigenvalue weighted by Crippen LogP contribution is 2.39. The zero-order valence-corrected chi connectivity index (χ0v) is 17.3. The minimum atomic E-state index is -0.548. The van der Waals surface area contributed by atoms with Crippen LogP contribution >= 0.6 is 0 Å². The zero-order valence-electron chi connectivity index (χ0n) is 17.3. The first-order valence-electron chi connectivity index (χ1n) is 10.8. The van der Waals surface area contributed by atoms with Crippen molar-refractivity contribution in [1.82, 2.24) is 5.06 Å². The van der Waals surface area contributed by atoms with Crippen molar-refractivity contribution < 1.29 is 4.84 Å². The molecule has 1 heterocycles. The van der Waals surface area contributed by atoms with Crippen LogP contribution in [-0.4, -0.2) is 18.2 Å². The summed E-state index contributed by atoms with van der Waals surface area (Å²) in [6.45, 7) is 1.94. The van der Waals surface area contributed by atoms with Gasteiger partial charge >= 0.3 is 0 Å². The van der Waals surface area contributed by atoms with Crippen LogP contribution in [0.2, 0.25) is 0 Å². The van der Waals surface area contributed by atoms with Crippen molar-refractivity contribution in [2.75, 3.05) is 13.1 Å². The van der Waals surface area contributed by atoms with Crippen molar-refractivity contribution in [2.45, 2.75) is 37.7 Å². The molecule has 0 amide bonds. The Balaban J connectivity index is 1.71. The largest absolute Gasteiger partial charge is 0.283 e. The van der Waals surface area contributed by atoms with Gasteiger partial charge in [0.05, 0.1) is 11.6 Å². The molecule has 3 aromatic carbocycles. The van der Waals surface area contributed by atoms with E-state index in [4.69, 9.17) is 10.1 Å². The summed E-state index contributed by atoms with van der Waals surface area (Å²) >= 11 is 0. The lowest BCUT2D eigenvalue weighted by Gasteiger charge is -2.40. The standard InChI is InChI=1S/C27H28N2O/c28-22-24-16-14-23(15-17-24)18-19-27(25-10-4-1-5-11-25,26-12-6-2-7-13-26)30-29-20-8-3-9-21-29/h1-2,4-7,10-17H,3,8-9,18-21H2.